The number of hydrogen-bond donors (Lipinski definition) is 1. The number of aromatic nitrogens is 1. The maximum absolute atomic E-state index is 11.1. The first-order chi connectivity index (χ1) is 10.2. The van der Waals surface area contributed by atoms with Crippen LogP contribution in [0.15, 0.2) is 24.5 Å². The van der Waals surface area contributed by atoms with E-state index in [-0.39, 0.29) is 0 Å². The molecule has 0 radical (unpaired) electrons. The van der Waals surface area contributed by atoms with Gasteiger partial charge in [-0.3, -0.25) is 0 Å². The van der Waals surface area contributed by atoms with E-state index in [0.717, 1.165) is 32.4 Å². The molecule has 0 aliphatic carbocycles. The molecule has 1 N–H and O–H groups in total. The van der Waals surface area contributed by atoms with Crippen LogP contribution in [0.5, 0.6) is 0 Å². The zero-order valence-corrected chi connectivity index (χ0v) is 12.5. The van der Waals surface area contributed by atoms with E-state index in [1.165, 1.54) is 12.8 Å². The lowest BCUT2D eigenvalue weighted by Crippen LogP contribution is -2.42. The van der Waals surface area contributed by atoms with Crippen molar-refractivity contribution in [2.24, 2.45) is 0 Å². The van der Waals surface area contributed by atoms with Gasteiger partial charge in [0, 0.05) is 50.7 Å². The topological polar surface area (TPSA) is 48.7 Å². The summed E-state index contributed by atoms with van der Waals surface area (Å²) < 4.78 is 2.33. The normalized spacial score (nSPS) is 25.7. The average molecular weight is 291 g/mol. The molecule has 1 amide bonds. The van der Waals surface area contributed by atoms with Crippen LogP contribution in [0, 0.1) is 0 Å². The summed E-state index contributed by atoms with van der Waals surface area (Å²) in [5.41, 5.74) is 0. The predicted octanol–water partition coefficient (Wildman–Crippen LogP) is 2.66. The Morgan fingerprint density at radius 3 is 2.24 bits per heavy atom. The lowest BCUT2D eigenvalue weighted by molar-refractivity contribution is 0.120. The Bertz CT molecular complexity index is 452. The molecule has 0 bridgehead atoms. The number of rotatable bonds is 2. The van der Waals surface area contributed by atoms with Crippen molar-refractivity contribution in [2.75, 3.05) is 26.2 Å². The highest BCUT2D eigenvalue weighted by Gasteiger charge is 2.28. The minimum absolute atomic E-state index is 0.569. The number of piperidine rings is 1. The lowest BCUT2D eigenvalue weighted by Gasteiger charge is -2.37. The quantitative estimate of drug-likeness (QED) is 0.911. The Labute approximate surface area is 126 Å². The van der Waals surface area contributed by atoms with E-state index in [1.807, 2.05) is 0 Å². The number of likely N-dealkylation sites (tertiary alicyclic amines) is 2. The molecule has 2 fully saturated rings. The minimum atomic E-state index is -0.762. The fourth-order valence-corrected chi connectivity index (χ4v) is 3.78. The fraction of sp³-hybridized carbons (Fsp3) is 0.688. The van der Waals surface area contributed by atoms with Crippen molar-refractivity contribution in [1.29, 1.82) is 0 Å². The standard InChI is InChI=1S/C16H25N3O2/c20-16(21)19-10-3-4-14(7-13-19)18-11-5-15(6-12-18)17-8-1-2-9-17/h1-2,8-9,14-15H,3-7,10-13H2,(H,20,21). The van der Waals surface area contributed by atoms with E-state index in [2.05, 4.69) is 34.0 Å². The van der Waals surface area contributed by atoms with Crippen molar-refractivity contribution in [1.82, 2.24) is 14.4 Å². The molecular formula is C16H25N3O2. The Morgan fingerprint density at radius 1 is 0.905 bits per heavy atom. The molecule has 0 aromatic carbocycles. The summed E-state index contributed by atoms with van der Waals surface area (Å²) in [6, 6.07) is 5.40. The van der Waals surface area contributed by atoms with Crippen molar-refractivity contribution >= 4 is 6.09 Å². The Hall–Kier alpha value is -1.49. The second-order valence-corrected chi connectivity index (χ2v) is 6.25. The molecule has 1 atom stereocenters. The molecule has 21 heavy (non-hydrogen) atoms. The zero-order valence-electron chi connectivity index (χ0n) is 12.5. The molecule has 1 aromatic heterocycles. The summed E-state index contributed by atoms with van der Waals surface area (Å²) in [4.78, 5) is 15.2. The number of hydrogen-bond acceptors (Lipinski definition) is 2. The number of carboxylic acid groups (broad SMARTS) is 1. The average Bonchev–Trinajstić information content (AvgIpc) is 2.91. The van der Waals surface area contributed by atoms with Gasteiger partial charge >= 0.3 is 6.09 Å². The molecular weight excluding hydrogens is 266 g/mol. The molecule has 0 spiro atoms. The zero-order chi connectivity index (χ0) is 14.7. The highest BCUT2D eigenvalue weighted by molar-refractivity contribution is 5.64. The molecule has 3 rings (SSSR count). The molecule has 116 valence electrons. The van der Waals surface area contributed by atoms with Crippen molar-refractivity contribution in [3.63, 3.8) is 0 Å². The van der Waals surface area contributed by atoms with E-state index >= 15 is 0 Å². The second kappa shape index (κ2) is 6.52. The van der Waals surface area contributed by atoms with E-state index in [0.29, 0.717) is 25.2 Å². The third-order valence-electron chi connectivity index (χ3n) is 5.03. The minimum Gasteiger partial charge on any atom is -0.465 e. The van der Waals surface area contributed by atoms with Gasteiger partial charge in [0.2, 0.25) is 0 Å². The van der Waals surface area contributed by atoms with Gasteiger partial charge in [0.25, 0.3) is 0 Å². The highest BCUT2D eigenvalue weighted by atomic mass is 16.4. The maximum atomic E-state index is 11.1. The van der Waals surface area contributed by atoms with Crippen LogP contribution in [0.4, 0.5) is 4.79 Å². The monoisotopic (exact) mass is 291 g/mol. The van der Waals surface area contributed by atoms with Crippen molar-refractivity contribution in [3.8, 4) is 0 Å². The third-order valence-corrected chi connectivity index (χ3v) is 5.03. The summed E-state index contributed by atoms with van der Waals surface area (Å²) in [5.74, 6) is 0. The van der Waals surface area contributed by atoms with Gasteiger partial charge in [-0.05, 0) is 44.2 Å². The first-order valence-electron chi connectivity index (χ1n) is 8.08. The van der Waals surface area contributed by atoms with Gasteiger partial charge in [-0.2, -0.15) is 0 Å². The van der Waals surface area contributed by atoms with Crippen LogP contribution >= 0.6 is 0 Å². The van der Waals surface area contributed by atoms with Gasteiger partial charge in [0.05, 0.1) is 0 Å². The maximum Gasteiger partial charge on any atom is 0.407 e. The molecule has 2 saturated heterocycles. The molecule has 2 aliphatic heterocycles. The first kappa shape index (κ1) is 14.4. The summed E-state index contributed by atoms with van der Waals surface area (Å²) in [7, 11) is 0. The van der Waals surface area contributed by atoms with Crippen LogP contribution in [0.2, 0.25) is 0 Å². The van der Waals surface area contributed by atoms with E-state index < -0.39 is 6.09 Å². The van der Waals surface area contributed by atoms with Gasteiger partial charge in [-0.25, -0.2) is 4.79 Å². The molecule has 0 saturated carbocycles. The first-order valence-corrected chi connectivity index (χ1v) is 8.08. The Morgan fingerprint density at radius 2 is 1.57 bits per heavy atom. The highest BCUT2D eigenvalue weighted by Crippen LogP contribution is 2.26. The van der Waals surface area contributed by atoms with Crippen LogP contribution in [0.1, 0.15) is 38.1 Å². The van der Waals surface area contributed by atoms with Crippen molar-refractivity contribution < 1.29 is 9.90 Å². The Balaban J connectivity index is 1.51. The van der Waals surface area contributed by atoms with Gasteiger partial charge in [0.1, 0.15) is 0 Å². The lowest BCUT2D eigenvalue weighted by atomic mass is 10.00. The molecule has 1 aromatic rings. The van der Waals surface area contributed by atoms with Crippen LogP contribution < -0.4 is 0 Å². The van der Waals surface area contributed by atoms with Crippen LogP contribution in [0.25, 0.3) is 0 Å². The third kappa shape index (κ3) is 3.40. The number of nitrogens with zero attached hydrogens (tertiary/aromatic N) is 3. The SMILES string of the molecule is O=C(O)N1CCCC(N2CCC(n3cccc3)CC2)CC1. The Kier molecular flexibility index (Phi) is 4.48. The van der Waals surface area contributed by atoms with E-state index in [9.17, 15) is 4.79 Å². The van der Waals surface area contributed by atoms with Crippen molar-refractivity contribution in [3.05, 3.63) is 24.5 Å². The summed E-state index contributed by atoms with van der Waals surface area (Å²) in [5, 5.41) is 9.11. The summed E-state index contributed by atoms with van der Waals surface area (Å²) in [6.45, 7) is 3.67. The molecule has 5 heteroatoms. The van der Waals surface area contributed by atoms with Gasteiger partial charge in [0.15, 0.2) is 0 Å². The van der Waals surface area contributed by atoms with E-state index in [4.69, 9.17) is 5.11 Å². The van der Waals surface area contributed by atoms with Gasteiger partial charge in [-0.1, -0.05) is 0 Å². The number of carbonyl (C=O) groups is 1. The molecule has 3 heterocycles. The molecule has 5 nitrogen and oxygen atoms in total. The predicted molar refractivity (Wildman–Crippen MR) is 81.5 cm³/mol. The number of amides is 1. The van der Waals surface area contributed by atoms with Crippen molar-refractivity contribution in [2.45, 2.75) is 44.2 Å². The largest absolute Gasteiger partial charge is 0.465 e. The molecule has 1 unspecified atom stereocenters. The van der Waals surface area contributed by atoms with Gasteiger partial charge in [-0.15, -0.1) is 0 Å². The fourth-order valence-electron chi connectivity index (χ4n) is 3.78. The molecule has 2 aliphatic rings. The summed E-state index contributed by atoms with van der Waals surface area (Å²) >= 11 is 0. The second-order valence-electron chi connectivity index (χ2n) is 6.25. The smallest absolute Gasteiger partial charge is 0.407 e. The van der Waals surface area contributed by atoms with Gasteiger partial charge < -0.3 is 19.5 Å². The van der Waals surface area contributed by atoms with Crippen LogP contribution in [0.3, 0.4) is 0 Å². The van der Waals surface area contributed by atoms with E-state index in [1.54, 1.807) is 4.90 Å². The van der Waals surface area contributed by atoms with Crippen LogP contribution in [-0.4, -0.2) is 57.8 Å². The summed E-state index contributed by atoms with van der Waals surface area (Å²) in [6.07, 6.45) is 9.09. The van der Waals surface area contributed by atoms with Crippen LogP contribution in [-0.2, 0) is 0 Å².